The molecule has 11 heteroatoms. The smallest absolute Gasteiger partial charge is 0.475 e. The van der Waals surface area contributed by atoms with Crippen molar-refractivity contribution in [2.45, 2.75) is 50.6 Å². The molecule has 3 aliphatic heterocycles. The van der Waals surface area contributed by atoms with Gasteiger partial charge in [-0.2, -0.15) is 13.2 Å². The van der Waals surface area contributed by atoms with Crippen LogP contribution in [0, 0.1) is 5.41 Å². The van der Waals surface area contributed by atoms with Crippen LogP contribution in [0.2, 0.25) is 0 Å². The Labute approximate surface area is 182 Å². The summed E-state index contributed by atoms with van der Waals surface area (Å²) in [5.41, 5.74) is 0.816. The number of nitrogens with zero attached hydrogens (tertiary/aromatic N) is 1. The van der Waals surface area contributed by atoms with E-state index in [1.54, 1.807) is 0 Å². The number of piperidine rings is 1. The number of carbonyl (C=O) groups excluding carboxylic acids is 1. The Morgan fingerprint density at radius 2 is 1.91 bits per heavy atom. The highest BCUT2D eigenvalue weighted by atomic mass is 19.4. The topological polar surface area (TPSA) is 97.3 Å². The SMILES string of the molecule is O=C(NC1CC1)[C@@]12CCO[C@@H]1CCN(Cc1ccc3c(c1)OCO3)C2.O=C(O)C(F)(F)F. The van der Waals surface area contributed by atoms with E-state index in [0.717, 1.165) is 56.8 Å². The lowest BCUT2D eigenvalue weighted by Gasteiger charge is -2.42. The number of carbonyl (C=O) groups is 2. The van der Waals surface area contributed by atoms with Gasteiger partial charge in [-0.05, 0) is 43.4 Å². The number of halogens is 3. The van der Waals surface area contributed by atoms with Crippen molar-refractivity contribution in [2.75, 3.05) is 26.5 Å². The van der Waals surface area contributed by atoms with E-state index in [9.17, 15) is 18.0 Å². The molecule has 1 aliphatic carbocycles. The van der Waals surface area contributed by atoms with Crippen molar-refractivity contribution in [2.24, 2.45) is 5.41 Å². The number of alkyl halides is 3. The van der Waals surface area contributed by atoms with Crippen LogP contribution in [-0.4, -0.2) is 66.7 Å². The third-order valence-corrected chi connectivity index (χ3v) is 6.15. The lowest BCUT2D eigenvalue weighted by molar-refractivity contribution is -0.192. The number of fused-ring (bicyclic) bond motifs is 2. The second-order valence-corrected chi connectivity index (χ2v) is 8.50. The normalized spacial score (nSPS) is 26.7. The third kappa shape index (κ3) is 4.93. The zero-order valence-corrected chi connectivity index (χ0v) is 17.3. The number of ether oxygens (including phenoxy) is 3. The number of rotatable bonds is 4. The predicted octanol–water partition coefficient (Wildman–Crippen LogP) is 2.31. The molecule has 8 nitrogen and oxygen atoms in total. The van der Waals surface area contributed by atoms with Gasteiger partial charge in [0.15, 0.2) is 11.5 Å². The zero-order valence-electron chi connectivity index (χ0n) is 17.3. The van der Waals surface area contributed by atoms with Gasteiger partial charge >= 0.3 is 12.1 Å². The number of nitrogens with one attached hydrogen (secondary N) is 1. The molecule has 2 N–H and O–H groups in total. The van der Waals surface area contributed by atoms with Crippen molar-refractivity contribution in [3.63, 3.8) is 0 Å². The van der Waals surface area contributed by atoms with E-state index < -0.39 is 12.1 Å². The maximum absolute atomic E-state index is 12.9. The number of carboxylic acid groups (broad SMARTS) is 1. The highest BCUT2D eigenvalue weighted by Crippen LogP contribution is 2.42. The Kier molecular flexibility index (Phi) is 6.22. The first-order valence-corrected chi connectivity index (χ1v) is 10.5. The van der Waals surface area contributed by atoms with E-state index in [1.165, 1.54) is 5.56 Å². The third-order valence-electron chi connectivity index (χ3n) is 6.15. The van der Waals surface area contributed by atoms with Gasteiger partial charge in [-0.3, -0.25) is 9.69 Å². The van der Waals surface area contributed by atoms with Crippen LogP contribution in [0.25, 0.3) is 0 Å². The molecule has 5 rings (SSSR count). The van der Waals surface area contributed by atoms with Crippen LogP contribution in [0.15, 0.2) is 18.2 Å². The highest BCUT2D eigenvalue weighted by Gasteiger charge is 2.53. The quantitative estimate of drug-likeness (QED) is 0.715. The molecule has 0 bridgehead atoms. The van der Waals surface area contributed by atoms with Crippen LogP contribution in [-0.2, 0) is 20.9 Å². The van der Waals surface area contributed by atoms with Crippen LogP contribution >= 0.6 is 0 Å². The van der Waals surface area contributed by atoms with E-state index in [2.05, 4.69) is 22.3 Å². The molecule has 3 heterocycles. The Bertz CT molecular complexity index is 876. The van der Waals surface area contributed by atoms with E-state index in [0.29, 0.717) is 19.4 Å². The number of aliphatic carboxylic acids is 1. The van der Waals surface area contributed by atoms with Gasteiger partial charge < -0.3 is 24.6 Å². The number of amides is 1. The Morgan fingerprint density at radius 1 is 1.19 bits per heavy atom. The molecule has 1 saturated carbocycles. The molecule has 32 heavy (non-hydrogen) atoms. The molecule has 3 fully saturated rings. The molecule has 1 amide bonds. The Morgan fingerprint density at radius 3 is 2.59 bits per heavy atom. The van der Waals surface area contributed by atoms with Crippen molar-refractivity contribution in [3.05, 3.63) is 23.8 Å². The van der Waals surface area contributed by atoms with Gasteiger partial charge in [-0.15, -0.1) is 0 Å². The first kappa shape index (κ1) is 22.7. The summed E-state index contributed by atoms with van der Waals surface area (Å²) >= 11 is 0. The summed E-state index contributed by atoms with van der Waals surface area (Å²) in [5, 5.41) is 10.3. The van der Waals surface area contributed by atoms with E-state index in [1.807, 2.05) is 6.07 Å². The Hall–Kier alpha value is -2.53. The largest absolute Gasteiger partial charge is 0.490 e. The van der Waals surface area contributed by atoms with E-state index >= 15 is 0 Å². The minimum absolute atomic E-state index is 0.0688. The molecule has 4 aliphatic rings. The number of benzene rings is 1. The molecule has 2 atom stereocenters. The number of hydrogen-bond acceptors (Lipinski definition) is 6. The molecule has 0 aromatic heterocycles. The molecule has 176 valence electrons. The van der Waals surface area contributed by atoms with Crippen LogP contribution in [0.1, 0.15) is 31.2 Å². The average molecular weight is 458 g/mol. The van der Waals surface area contributed by atoms with Gasteiger partial charge in [0.1, 0.15) is 0 Å². The summed E-state index contributed by atoms with van der Waals surface area (Å²) in [7, 11) is 0. The lowest BCUT2D eigenvalue weighted by atomic mass is 9.75. The maximum Gasteiger partial charge on any atom is 0.490 e. The highest BCUT2D eigenvalue weighted by molar-refractivity contribution is 5.84. The van der Waals surface area contributed by atoms with Gasteiger partial charge in [0.05, 0.1) is 11.5 Å². The second kappa shape index (κ2) is 8.78. The number of carboxylic acids is 1. The van der Waals surface area contributed by atoms with Crippen LogP contribution in [0.4, 0.5) is 13.2 Å². The summed E-state index contributed by atoms with van der Waals surface area (Å²) in [6, 6.07) is 6.50. The first-order valence-electron chi connectivity index (χ1n) is 10.5. The molecule has 1 aromatic rings. The minimum atomic E-state index is -5.08. The summed E-state index contributed by atoms with van der Waals surface area (Å²) in [4.78, 5) is 24.2. The summed E-state index contributed by atoms with van der Waals surface area (Å²) < 4.78 is 48.5. The standard InChI is InChI=1S/C19H24N2O4.C2HF3O2/c22-18(20-14-2-3-14)19-6-8-23-17(19)5-7-21(11-19)10-13-1-4-15-16(9-13)25-12-24-15;3-2(4,5)1(6)7/h1,4,9,14,17H,2-3,5-8,10-12H2,(H,20,22);(H,6,7)/t17-,19-;/m1./s1. The average Bonchev–Trinajstić information content (AvgIpc) is 3.25. The minimum Gasteiger partial charge on any atom is -0.475 e. The zero-order chi connectivity index (χ0) is 22.9. The molecular weight excluding hydrogens is 433 g/mol. The first-order chi connectivity index (χ1) is 15.2. The van der Waals surface area contributed by atoms with Crippen LogP contribution in [0.5, 0.6) is 11.5 Å². The van der Waals surface area contributed by atoms with Crippen molar-refractivity contribution in [1.29, 1.82) is 0 Å². The number of hydrogen-bond donors (Lipinski definition) is 2. The fourth-order valence-electron chi connectivity index (χ4n) is 4.34. The van der Waals surface area contributed by atoms with Crippen molar-refractivity contribution in [1.82, 2.24) is 10.2 Å². The molecule has 2 saturated heterocycles. The summed E-state index contributed by atoms with van der Waals surface area (Å²) in [6.45, 7) is 3.54. The summed E-state index contributed by atoms with van der Waals surface area (Å²) in [5.74, 6) is -0.926. The lowest BCUT2D eigenvalue weighted by Crippen LogP contribution is -2.57. The van der Waals surface area contributed by atoms with Gasteiger partial charge in [-0.1, -0.05) is 6.07 Å². The van der Waals surface area contributed by atoms with Gasteiger partial charge in [0, 0.05) is 32.3 Å². The fraction of sp³-hybridized carbons (Fsp3) is 0.619. The van der Waals surface area contributed by atoms with Gasteiger partial charge in [-0.25, -0.2) is 4.79 Å². The van der Waals surface area contributed by atoms with E-state index in [-0.39, 0.29) is 17.4 Å². The van der Waals surface area contributed by atoms with Crippen LogP contribution in [0.3, 0.4) is 0 Å². The molecule has 0 unspecified atom stereocenters. The maximum atomic E-state index is 12.9. The number of likely N-dealkylation sites (tertiary alicyclic amines) is 1. The Balaban J connectivity index is 0.000000307. The fourth-order valence-corrected chi connectivity index (χ4v) is 4.34. The van der Waals surface area contributed by atoms with E-state index in [4.69, 9.17) is 24.1 Å². The molecule has 0 radical (unpaired) electrons. The monoisotopic (exact) mass is 458 g/mol. The van der Waals surface area contributed by atoms with Crippen molar-refractivity contribution in [3.8, 4) is 11.5 Å². The predicted molar refractivity (Wildman–Crippen MR) is 104 cm³/mol. The van der Waals surface area contributed by atoms with Crippen LogP contribution < -0.4 is 14.8 Å². The summed E-state index contributed by atoms with van der Waals surface area (Å²) in [6.07, 6.45) is -1.03. The molecule has 1 aromatic carbocycles. The molecule has 0 spiro atoms. The molecular formula is C21H25F3N2O6. The van der Waals surface area contributed by atoms with Crippen molar-refractivity contribution < 1.29 is 42.1 Å². The van der Waals surface area contributed by atoms with Gasteiger partial charge in [0.2, 0.25) is 12.7 Å². The van der Waals surface area contributed by atoms with Crippen molar-refractivity contribution >= 4 is 11.9 Å². The second-order valence-electron chi connectivity index (χ2n) is 8.50. The van der Waals surface area contributed by atoms with Gasteiger partial charge in [0.25, 0.3) is 0 Å².